The highest BCUT2D eigenvalue weighted by molar-refractivity contribution is 6.17. The zero-order valence-corrected chi connectivity index (χ0v) is 6.23. The number of alkyl halides is 1. The fraction of sp³-hybridized carbons (Fsp3) is 0.833. The predicted molar refractivity (Wildman–Crippen MR) is 36.8 cm³/mol. The minimum Gasteiger partial charge on any atom is -0.374 e. The summed E-state index contributed by atoms with van der Waals surface area (Å²) in [5.74, 6) is 0.591. The van der Waals surface area contributed by atoms with E-state index in [1.54, 1.807) is 0 Å². The first-order valence-corrected chi connectivity index (χ1v) is 3.42. The average Bonchev–Trinajstić information content (AvgIpc) is 1.91. The smallest absolute Gasteiger partial charge is 0.148 e. The average molecular weight is 151 g/mol. The van der Waals surface area contributed by atoms with Gasteiger partial charge in [-0.15, -0.1) is 11.6 Å². The van der Waals surface area contributed by atoms with Gasteiger partial charge in [-0.05, 0) is 12.8 Å². The first-order chi connectivity index (χ1) is 4.35. The van der Waals surface area contributed by atoms with Crippen molar-refractivity contribution in [2.24, 2.45) is 0 Å². The Kier molecular flexibility index (Phi) is 5.99. The van der Waals surface area contributed by atoms with E-state index in [-0.39, 0.29) is 6.10 Å². The molecule has 0 aromatic carbocycles. The van der Waals surface area contributed by atoms with E-state index in [2.05, 4.69) is 0 Å². The maximum absolute atomic E-state index is 10.1. The van der Waals surface area contributed by atoms with Gasteiger partial charge in [0.1, 0.15) is 12.4 Å². The third-order valence-electron chi connectivity index (χ3n) is 1.08. The molecule has 0 amide bonds. The number of carbonyl (C=O) groups excluding carboxylic acids is 1. The Hall–Kier alpha value is -0.0800. The number of rotatable bonds is 5. The van der Waals surface area contributed by atoms with Gasteiger partial charge in [-0.1, -0.05) is 0 Å². The number of aldehydes is 1. The molecule has 0 saturated heterocycles. The van der Waals surface area contributed by atoms with Crippen molar-refractivity contribution in [1.82, 2.24) is 0 Å². The number of methoxy groups -OCH3 is 1. The Morgan fingerprint density at radius 1 is 1.78 bits per heavy atom. The minimum atomic E-state index is -0.260. The summed E-state index contributed by atoms with van der Waals surface area (Å²) in [7, 11) is 1.52. The molecule has 0 aromatic heterocycles. The second-order valence-electron chi connectivity index (χ2n) is 1.74. The zero-order valence-electron chi connectivity index (χ0n) is 5.47. The van der Waals surface area contributed by atoms with Gasteiger partial charge in [0.2, 0.25) is 0 Å². The van der Waals surface area contributed by atoms with Crippen molar-refractivity contribution < 1.29 is 9.53 Å². The van der Waals surface area contributed by atoms with Crippen molar-refractivity contribution in [2.75, 3.05) is 13.0 Å². The lowest BCUT2D eigenvalue weighted by atomic mass is 10.2. The molecule has 0 radical (unpaired) electrons. The number of carbonyl (C=O) groups is 1. The number of hydrogen-bond donors (Lipinski definition) is 0. The van der Waals surface area contributed by atoms with Crippen LogP contribution in [0.2, 0.25) is 0 Å². The molecule has 0 fully saturated rings. The SMILES string of the molecule is COC(C=O)CCCCl. The van der Waals surface area contributed by atoms with Crippen LogP contribution < -0.4 is 0 Å². The minimum absolute atomic E-state index is 0.260. The molecule has 0 N–H and O–H groups in total. The van der Waals surface area contributed by atoms with Gasteiger partial charge in [0, 0.05) is 13.0 Å². The van der Waals surface area contributed by atoms with Gasteiger partial charge >= 0.3 is 0 Å². The van der Waals surface area contributed by atoms with E-state index in [1.165, 1.54) is 7.11 Å². The third kappa shape index (κ3) is 4.43. The van der Waals surface area contributed by atoms with Crippen molar-refractivity contribution in [3.05, 3.63) is 0 Å². The molecule has 1 atom stereocenters. The maximum atomic E-state index is 10.1. The molecule has 0 aliphatic heterocycles. The summed E-state index contributed by atoms with van der Waals surface area (Å²) in [6.45, 7) is 0. The first kappa shape index (κ1) is 8.92. The molecule has 0 bridgehead atoms. The van der Waals surface area contributed by atoms with E-state index in [0.29, 0.717) is 5.88 Å². The molecule has 54 valence electrons. The highest BCUT2D eigenvalue weighted by atomic mass is 35.5. The van der Waals surface area contributed by atoms with Gasteiger partial charge in [0.15, 0.2) is 0 Å². The summed E-state index contributed by atoms with van der Waals surface area (Å²) in [4.78, 5) is 10.1. The molecule has 0 saturated carbocycles. The molecule has 0 aliphatic carbocycles. The van der Waals surface area contributed by atoms with E-state index in [1.807, 2.05) is 0 Å². The number of hydrogen-bond acceptors (Lipinski definition) is 2. The summed E-state index contributed by atoms with van der Waals surface area (Å²) in [5, 5.41) is 0. The molecule has 0 aliphatic rings. The second kappa shape index (κ2) is 6.05. The van der Waals surface area contributed by atoms with E-state index in [4.69, 9.17) is 16.3 Å². The highest BCUT2D eigenvalue weighted by Crippen LogP contribution is 1.98. The fourth-order valence-electron chi connectivity index (χ4n) is 0.520. The lowest BCUT2D eigenvalue weighted by Gasteiger charge is -2.04. The molecule has 0 rings (SSSR count). The maximum Gasteiger partial charge on any atom is 0.148 e. The Morgan fingerprint density at radius 2 is 2.44 bits per heavy atom. The normalized spacial score (nSPS) is 13.1. The van der Waals surface area contributed by atoms with Gasteiger partial charge in [-0.3, -0.25) is 0 Å². The van der Waals surface area contributed by atoms with Gasteiger partial charge in [0.05, 0.1) is 0 Å². The van der Waals surface area contributed by atoms with Gasteiger partial charge in [-0.25, -0.2) is 0 Å². The van der Waals surface area contributed by atoms with E-state index in [9.17, 15) is 4.79 Å². The van der Waals surface area contributed by atoms with Crippen molar-refractivity contribution in [3.63, 3.8) is 0 Å². The molecular formula is C6H11ClO2. The van der Waals surface area contributed by atoms with Crippen LogP contribution in [0.4, 0.5) is 0 Å². The standard InChI is InChI=1S/C6H11ClO2/c1-9-6(5-8)3-2-4-7/h5-6H,2-4H2,1H3. The largest absolute Gasteiger partial charge is 0.374 e. The predicted octanol–water partition coefficient (Wildman–Crippen LogP) is 1.22. The van der Waals surface area contributed by atoms with Crippen LogP contribution in [0.5, 0.6) is 0 Å². The van der Waals surface area contributed by atoms with Crippen LogP contribution in [0, 0.1) is 0 Å². The summed E-state index contributed by atoms with van der Waals surface area (Å²) in [5.41, 5.74) is 0. The number of ether oxygens (including phenoxy) is 1. The van der Waals surface area contributed by atoms with Crippen LogP contribution in [0.1, 0.15) is 12.8 Å². The molecule has 2 nitrogen and oxygen atoms in total. The molecule has 0 spiro atoms. The van der Waals surface area contributed by atoms with Crippen molar-refractivity contribution in [2.45, 2.75) is 18.9 Å². The summed E-state index contributed by atoms with van der Waals surface area (Å²) >= 11 is 5.39. The fourth-order valence-corrected chi connectivity index (χ4v) is 0.674. The van der Waals surface area contributed by atoms with Crippen molar-refractivity contribution in [1.29, 1.82) is 0 Å². The van der Waals surface area contributed by atoms with Gasteiger partial charge in [0.25, 0.3) is 0 Å². The van der Waals surface area contributed by atoms with Crippen LogP contribution in [0.25, 0.3) is 0 Å². The topological polar surface area (TPSA) is 26.3 Å². The third-order valence-corrected chi connectivity index (χ3v) is 1.34. The summed E-state index contributed by atoms with van der Waals surface area (Å²) in [6, 6.07) is 0. The van der Waals surface area contributed by atoms with E-state index in [0.717, 1.165) is 19.1 Å². The summed E-state index contributed by atoms with van der Waals surface area (Å²) in [6.07, 6.45) is 2.10. The molecular weight excluding hydrogens is 140 g/mol. The molecule has 9 heavy (non-hydrogen) atoms. The Labute approximate surface area is 60.1 Å². The van der Waals surface area contributed by atoms with E-state index >= 15 is 0 Å². The first-order valence-electron chi connectivity index (χ1n) is 2.89. The monoisotopic (exact) mass is 150 g/mol. The quantitative estimate of drug-likeness (QED) is 0.435. The molecule has 3 heteroatoms. The van der Waals surface area contributed by atoms with Crippen molar-refractivity contribution >= 4 is 17.9 Å². The molecule has 1 unspecified atom stereocenters. The Bertz CT molecular complexity index is 75.5. The number of halogens is 1. The van der Waals surface area contributed by atoms with Gasteiger partial charge < -0.3 is 9.53 Å². The van der Waals surface area contributed by atoms with Crippen LogP contribution >= 0.6 is 11.6 Å². The molecule has 0 aromatic rings. The molecule has 0 heterocycles. The van der Waals surface area contributed by atoms with Crippen LogP contribution in [0.15, 0.2) is 0 Å². The Balaban J connectivity index is 3.20. The van der Waals surface area contributed by atoms with Crippen LogP contribution in [-0.4, -0.2) is 25.4 Å². The lowest BCUT2D eigenvalue weighted by molar-refractivity contribution is -0.116. The zero-order chi connectivity index (χ0) is 7.11. The van der Waals surface area contributed by atoms with Crippen LogP contribution in [0.3, 0.4) is 0 Å². The van der Waals surface area contributed by atoms with Crippen LogP contribution in [-0.2, 0) is 9.53 Å². The van der Waals surface area contributed by atoms with E-state index < -0.39 is 0 Å². The van der Waals surface area contributed by atoms with Gasteiger partial charge in [-0.2, -0.15) is 0 Å². The second-order valence-corrected chi connectivity index (χ2v) is 2.12. The Morgan fingerprint density at radius 3 is 2.78 bits per heavy atom. The summed E-state index contributed by atoms with van der Waals surface area (Å²) < 4.78 is 4.77. The highest BCUT2D eigenvalue weighted by Gasteiger charge is 2.02. The van der Waals surface area contributed by atoms with Crippen molar-refractivity contribution in [3.8, 4) is 0 Å². The lowest BCUT2D eigenvalue weighted by Crippen LogP contribution is -2.11.